The van der Waals surface area contributed by atoms with E-state index in [1.807, 2.05) is 0 Å². The van der Waals surface area contributed by atoms with E-state index in [4.69, 9.17) is 0 Å². The number of ether oxygens (including phenoxy) is 2. The smallest absolute Gasteiger partial charge is 0.372 e. The highest BCUT2D eigenvalue weighted by Crippen LogP contribution is 2.35. The van der Waals surface area contributed by atoms with Crippen LogP contribution in [-0.4, -0.2) is 44.2 Å². The Bertz CT molecular complexity index is 212. The molecule has 1 fully saturated rings. The summed E-state index contributed by atoms with van der Waals surface area (Å²) in [6, 6.07) is 0. The van der Waals surface area contributed by atoms with Gasteiger partial charge < -0.3 is 9.47 Å². The molecule has 0 spiro atoms. The summed E-state index contributed by atoms with van der Waals surface area (Å²) >= 11 is 0. The SMILES string of the molecule is F[C@H](C(F)(F)F)C(F)(F)COC[C@@H]1CO1. The van der Waals surface area contributed by atoms with Gasteiger partial charge in [0.2, 0.25) is 0 Å². The number of rotatable bonds is 5. The van der Waals surface area contributed by atoms with Gasteiger partial charge in [0.1, 0.15) is 12.7 Å². The fraction of sp³-hybridized carbons (Fsp3) is 1.00. The van der Waals surface area contributed by atoms with Crippen LogP contribution in [0.4, 0.5) is 26.3 Å². The Morgan fingerprint density at radius 3 is 2.20 bits per heavy atom. The zero-order valence-corrected chi connectivity index (χ0v) is 7.36. The monoisotopic (exact) mass is 238 g/mol. The molecule has 0 radical (unpaired) electrons. The predicted molar refractivity (Wildman–Crippen MR) is 36.5 cm³/mol. The summed E-state index contributed by atoms with van der Waals surface area (Å²) in [5, 5.41) is 0. The van der Waals surface area contributed by atoms with Gasteiger partial charge in [-0.05, 0) is 0 Å². The van der Waals surface area contributed by atoms with Gasteiger partial charge in [-0.2, -0.15) is 13.2 Å². The lowest BCUT2D eigenvalue weighted by molar-refractivity contribution is -0.255. The molecular weight excluding hydrogens is 230 g/mol. The maximum atomic E-state index is 12.5. The Kier molecular flexibility index (Phi) is 3.49. The van der Waals surface area contributed by atoms with E-state index in [-0.39, 0.29) is 12.7 Å². The van der Waals surface area contributed by atoms with E-state index in [0.717, 1.165) is 0 Å². The summed E-state index contributed by atoms with van der Waals surface area (Å²) in [5.74, 6) is -4.56. The summed E-state index contributed by atoms with van der Waals surface area (Å²) in [6.07, 6.45) is -10.1. The van der Waals surface area contributed by atoms with Crippen molar-refractivity contribution < 1.29 is 35.8 Å². The molecule has 0 N–H and O–H groups in total. The summed E-state index contributed by atoms with van der Waals surface area (Å²) in [7, 11) is 0. The molecule has 8 heteroatoms. The highest BCUT2D eigenvalue weighted by atomic mass is 19.4. The lowest BCUT2D eigenvalue weighted by Crippen LogP contribution is -2.44. The minimum atomic E-state index is -5.58. The number of epoxide rings is 1. The van der Waals surface area contributed by atoms with Crippen LogP contribution in [-0.2, 0) is 9.47 Å². The normalized spacial score (nSPS) is 24.0. The number of halogens is 6. The molecule has 0 aromatic carbocycles. The lowest BCUT2D eigenvalue weighted by atomic mass is 10.2. The van der Waals surface area contributed by atoms with Gasteiger partial charge in [-0.3, -0.25) is 0 Å². The quantitative estimate of drug-likeness (QED) is 0.539. The molecule has 90 valence electrons. The highest BCUT2D eigenvalue weighted by Gasteiger charge is 2.56. The predicted octanol–water partition coefficient (Wildman–Crippen LogP) is 1.94. The van der Waals surface area contributed by atoms with E-state index in [2.05, 4.69) is 9.47 Å². The molecule has 1 saturated heterocycles. The molecule has 2 atom stereocenters. The average Bonchev–Trinajstić information content (AvgIpc) is 2.85. The first kappa shape index (κ1) is 12.6. The van der Waals surface area contributed by atoms with E-state index >= 15 is 0 Å². The third kappa shape index (κ3) is 3.86. The highest BCUT2D eigenvalue weighted by molar-refractivity contribution is 4.83. The second-order valence-corrected chi connectivity index (χ2v) is 3.14. The number of hydrogen-bond donors (Lipinski definition) is 0. The summed E-state index contributed by atoms with van der Waals surface area (Å²) in [5.41, 5.74) is 0. The van der Waals surface area contributed by atoms with Gasteiger partial charge in [-0.1, -0.05) is 0 Å². The first-order valence-electron chi connectivity index (χ1n) is 4.01. The fourth-order valence-corrected chi connectivity index (χ4v) is 0.803. The van der Waals surface area contributed by atoms with Crippen LogP contribution in [0.2, 0.25) is 0 Å². The largest absolute Gasteiger partial charge is 0.425 e. The van der Waals surface area contributed by atoms with Crippen LogP contribution < -0.4 is 0 Å². The van der Waals surface area contributed by atoms with E-state index in [9.17, 15) is 26.3 Å². The third-order valence-corrected chi connectivity index (χ3v) is 1.66. The van der Waals surface area contributed by atoms with Crippen molar-refractivity contribution in [2.45, 2.75) is 24.4 Å². The van der Waals surface area contributed by atoms with Crippen LogP contribution in [0.1, 0.15) is 0 Å². The number of hydrogen-bond acceptors (Lipinski definition) is 2. The van der Waals surface area contributed by atoms with Crippen molar-refractivity contribution in [1.29, 1.82) is 0 Å². The lowest BCUT2D eigenvalue weighted by Gasteiger charge is -2.22. The first-order chi connectivity index (χ1) is 6.73. The average molecular weight is 238 g/mol. The molecule has 0 aromatic rings. The molecule has 2 nitrogen and oxygen atoms in total. The van der Waals surface area contributed by atoms with Crippen molar-refractivity contribution in [3.8, 4) is 0 Å². The summed E-state index contributed by atoms with van der Waals surface area (Å²) in [6.45, 7) is -1.53. The molecule has 0 bridgehead atoms. The fourth-order valence-electron chi connectivity index (χ4n) is 0.803. The van der Waals surface area contributed by atoms with Crippen molar-refractivity contribution >= 4 is 0 Å². The molecule has 0 saturated carbocycles. The van der Waals surface area contributed by atoms with Crippen LogP contribution in [0.5, 0.6) is 0 Å². The molecule has 0 amide bonds. The van der Waals surface area contributed by atoms with Crippen molar-refractivity contribution in [2.24, 2.45) is 0 Å². The molecule has 1 rings (SSSR count). The van der Waals surface area contributed by atoms with Crippen molar-refractivity contribution in [3.63, 3.8) is 0 Å². The Labute approximate surface area is 81.1 Å². The second kappa shape index (κ2) is 4.17. The maximum Gasteiger partial charge on any atom is 0.425 e. The van der Waals surface area contributed by atoms with E-state index in [1.54, 1.807) is 0 Å². The molecule has 1 aliphatic heterocycles. The summed E-state index contributed by atoms with van der Waals surface area (Å²) in [4.78, 5) is 0. The minimum Gasteiger partial charge on any atom is -0.372 e. The van der Waals surface area contributed by atoms with E-state index in [1.165, 1.54) is 0 Å². The van der Waals surface area contributed by atoms with Gasteiger partial charge in [0.15, 0.2) is 0 Å². The van der Waals surface area contributed by atoms with Crippen LogP contribution in [0.15, 0.2) is 0 Å². The molecule has 0 aliphatic carbocycles. The number of alkyl halides is 6. The van der Waals surface area contributed by atoms with Gasteiger partial charge in [0.05, 0.1) is 13.2 Å². The minimum absolute atomic E-state index is 0.250. The van der Waals surface area contributed by atoms with Gasteiger partial charge in [0.25, 0.3) is 6.17 Å². The third-order valence-electron chi connectivity index (χ3n) is 1.66. The van der Waals surface area contributed by atoms with Gasteiger partial charge in [-0.15, -0.1) is 0 Å². The van der Waals surface area contributed by atoms with Crippen LogP contribution in [0.25, 0.3) is 0 Å². The first-order valence-corrected chi connectivity index (χ1v) is 4.01. The molecule has 15 heavy (non-hydrogen) atoms. The Morgan fingerprint density at radius 2 is 1.80 bits per heavy atom. The maximum absolute atomic E-state index is 12.5. The van der Waals surface area contributed by atoms with Gasteiger partial charge in [-0.25, -0.2) is 13.2 Å². The van der Waals surface area contributed by atoms with Crippen LogP contribution in [0, 0.1) is 0 Å². The Morgan fingerprint density at radius 1 is 1.27 bits per heavy atom. The van der Waals surface area contributed by atoms with Crippen molar-refractivity contribution in [1.82, 2.24) is 0 Å². The topological polar surface area (TPSA) is 21.8 Å². The van der Waals surface area contributed by atoms with Crippen LogP contribution >= 0.6 is 0 Å². The molecule has 0 aromatic heterocycles. The van der Waals surface area contributed by atoms with Crippen molar-refractivity contribution in [3.05, 3.63) is 0 Å². The van der Waals surface area contributed by atoms with Crippen molar-refractivity contribution in [2.75, 3.05) is 19.8 Å². The second-order valence-electron chi connectivity index (χ2n) is 3.14. The van der Waals surface area contributed by atoms with Gasteiger partial charge in [0, 0.05) is 0 Å². The van der Waals surface area contributed by atoms with Crippen LogP contribution in [0.3, 0.4) is 0 Å². The molecule has 1 heterocycles. The van der Waals surface area contributed by atoms with E-state index in [0.29, 0.717) is 6.61 Å². The van der Waals surface area contributed by atoms with E-state index < -0.39 is 24.9 Å². The standard InChI is InChI=1S/C7H8F6O2/c8-5(7(11,12)13)6(9,10)3-14-1-4-2-15-4/h4-5H,1-3H2/t4-,5+/m1/s1. The Hall–Kier alpha value is -0.500. The summed E-state index contributed by atoms with van der Waals surface area (Å²) < 4.78 is 80.9. The molecule has 0 unspecified atom stereocenters. The molecule has 1 aliphatic rings. The molecular formula is C7H8F6O2. The Balaban J connectivity index is 2.34. The zero-order chi connectivity index (χ0) is 11.7. The zero-order valence-electron chi connectivity index (χ0n) is 7.36. The van der Waals surface area contributed by atoms with Gasteiger partial charge >= 0.3 is 12.1 Å².